The van der Waals surface area contributed by atoms with Crippen molar-refractivity contribution in [3.05, 3.63) is 42.9 Å². The molecule has 3 aromatic rings. The van der Waals surface area contributed by atoms with Crippen molar-refractivity contribution in [3.63, 3.8) is 0 Å². The molecule has 0 radical (unpaired) electrons. The second kappa shape index (κ2) is 6.14. The molecule has 1 aliphatic carbocycles. The van der Waals surface area contributed by atoms with Gasteiger partial charge in [-0.25, -0.2) is 14.6 Å². The first kappa shape index (κ1) is 14.9. The van der Waals surface area contributed by atoms with Crippen LogP contribution in [0.5, 0.6) is 0 Å². The van der Waals surface area contributed by atoms with Crippen LogP contribution in [0.4, 0.5) is 5.82 Å². The first-order valence-corrected chi connectivity index (χ1v) is 9.42. The lowest BCUT2D eigenvalue weighted by Crippen LogP contribution is -2.35. The molecule has 0 N–H and O–H groups in total. The molecule has 1 aromatic carbocycles. The fourth-order valence-electron chi connectivity index (χ4n) is 4.71. The Morgan fingerprint density at radius 2 is 1.76 bits per heavy atom. The lowest BCUT2D eigenvalue weighted by Gasteiger charge is -2.30. The molecule has 5 heteroatoms. The highest BCUT2D eigenvalue weighted by Crippen LogP contribution is 2.38. The molecule has 1 aliphatic heterocycles. The summed E-state index contributed by atoms with van der Waals surface area (Å²) in [4.78, 5) is 11.8. The van der Waals surface area contributed by atoms with Gasteiger partial charge in [0.25, 0.3) is 0 Å². The van der Waals surface area contributed by atoms with Crippen molar-refractivity contribution in [2.24, 2.45) is 5.92 Å². The van der Waals surface area contributed by atoms with Gasteiger partial charge in [-0.15, -0.1) is 0 Å². The van der Waals surface area contributed by atoms with Crippen molar-refractivity contribution < 1.29 is 0 Å². The number of nitrogens with zero attached hydrogens (tertiary/aromatic N) is 5. The van der Waals surface area contributed by atoms with Crippen LogP contribution in [-0.4, -0.2) is 32.3 Å². The lowest BCUT2D eigenvalue weighted by atomic mass is 9.96. The van der Waals surface area contributed by atoms with Gasteiger partial charge in [0, 0.05) is 12.6 Å². The molecule has 0 bridgehead atoms. The highest BCUT2D eigenvalue weighted by atomic mass is 15.3. The van der Waals surface area contributed by atoms with E-state index in [1.54, 1.807) is 6.33 Å². The summed E-state index contributed by atoms with van der Waals surface area (Å²) in [5, 5.41) is 5.67. The van der Waals surface area contributed by atoms with Gasteiger partial charge in [0.05, 0.1) is 17.3 Å². The molecule has 0 spiro atoms. The molecule has 2 fully saturated rings. The maximum absolute atomic E-state index is 4.68. The number of aromatic nitrogens is 4. The van der Waals surface area contributed by atoms with Crippen LogP contribution in [0.15, 0.2) is 42.9 Å². The van der Waals surface area contributed by atoms with E-state index in [9.17, 15) is 0 Å². The van der Waals surface area contributed by atoms with Crippen molar-refractivity contribution >= 4 is 16.9 Å². The zero-order valence-electron chi connectivity index (χ0n) is 14.4. The maximum Gasteiger partial charge on any atom is 0.168 e. The summed E-state index contributed by atoms with van der Waals surface area (Å²) >= 11 is 0. The summed E-state index contributed by atoms with van der Waals surface area (Å²) < 4.78 is 1.92. The number of anilines is 1. The Bertz CT molecular complexity index is 866. The maximum atomic E-state index is 4.68. The van der Waals surface area contributed by atoms with Gasteiger partial charge < -0.3 is 4.90 Å². The summed E-state index contributed by atoms with van der Waals surface area (Å²) in [6.07, 6.45) is 11.7. The van der Waals surface area contributed by atoms with Crippen molar-refractivity contribution in [3.8, 4) is 5.69 Å². The zero-order chi connectivity index (χ0) is 16.6. The molecule has 5 nitrogen and oxygen atoms in total. The number of rotatable bonds is 3. The first-order chi connectivity index (χ1) is 12.4. The standard InChI is InChI=1S/C20H23N5/c1-2-9-16(10-3-1)25-20-17(13-23-25)19(21-14-22-20)24-12-6-11-18(24)15-7-4-5-8-15/h1-3,9-10,13-15,18H,4-8,11-12H2. The fourth-order valence-corrected chi connectivity index (χ4v) is 4.71. The average Bonchev–Trinajstić information content (AvgIpc) is 3.40. The van der Waals surface area contributed by atoms with Crippen LogP contribution in [0.25, 0.3) is 16.7 Å². The Morgan fingerprint density at radius 3 is 2.60 bits per heavy atom. The molecule has 1 atom stereocenters. The van der Waals surface area contributed by atoms with Gasteiger partial charge in [0.1, 0.15) is 12.1 Å². The summed E-state index contributed by atoms with van der Waals surface area (Å²) in [5.41, 5.74) is 1.93. The van der Waals surface area contributed by atoms with Crippen molar-refractivity contribution in [1.82, 2.24) is 19.7 Å². The van der Waals surface area contributed by atoms with Crippen LogP contribution in [0.3, 0.4) is 0 Å². The molecule has 25 heavy (non-hydrogen) atoms. The van der Waals surface area contributed by atoms with Crippen LogP contribution < -0.4 is 4.90 Å². The predicted molar refractivity (Wildman–Crippen MR) is 99.0 cm³/mol. The highest BCUT2D eigenvalue weighted by molar-refractivity contribution is 5.88. The van der Waals surface area contributed by atoms with Crippen molar-refractivity contribution in [1.29, 1.82) is 0 Å². The third-order valence-electron chi connectivity index (χ3n) is 5.86. The molecule has 1 saturated heterocycles. The Kier molecular flexibility index (Phi) is 3.65. The molecule has 0 amide bonds. The van der Waals surface area contributed by atoms with Crippen molar-refractivity contribution in [2.45, 2.75) is 44.6 Å². The SMILES string of the molecule is c1ccc(-n2ncc3c(N4CCCC4C4CCCC4)ncnc32)cc1. The number of hydrogen-bond donors (Lipinski definition) is 0. The van der Waals surface area contributed by atoms with E-state index in [1.807, 2.05) is 29.1 Å². The number of hydrogen-bond acceptors (Lipinski definition) is 4. The van der Waals surface area contributed by atoms with E-state index in [-0.39, 0.29) is 0 Å². The van der Waals surface area contributed by atoms with E-state index >= 15 is 0 Å². The zero-order valence-corrected chi connectivity index (χ0v) is 14.4. The normalized spacial score (nSPS) is 21.4. The smallest absolute Gasteiger partial charge is 0.168 e. The summed E-state index contributed by atoms with van der Waals surface area (Å²) in [6, 6.07) is 10.8. The van der Waals surface area contributed by atoms with Crippen LogP contribution in [0.1, 0.15) is 38.5 Å². The number of benzene rings is 1. The Hall–Kier alpha value is -2.43. The molecule has 1 saturated carbocycles. The Balaban J connectivity index is 1.57. The topological polar surface area (TPSA) is 46.8 Å². The monoisotopic (exact) mass is 333 g/mol. The van der Waals surface area contributed by atoms with Crippen LogP contribution in [0.2, 0.25) is 0 Å². The van der Waals surface area contributed by atoms with Crippen LogP contribution in [-0.2, 0) is 0 Å². The largest absolute Gasteiger partial charge is 0.353 e. The average molecular weight is 333 g/mol. The molecule has 2 aromatic heterocycles. The second-order valence-corrected chi connectivity index (χ2v) is 7.27. The third kappa shape index (κ3) is 2.49. The minimum absolute atomic E-state index is 0.640. The van der Waals surface area contributed by atoms with Crippen molar-refractivity contribution in [2.75, 3.05) is 11.4 Å². The Labute approximate surface area is 147 Å². The molecule has 3 heterocycles. The minimum Gasteiger partial charge on any atom is -0.353 e. The summed E-state index contributed by atoms with van der Waals surface area (Å²) in [5.74, 6) is 1.90. The predicted octanol–water partition coefficient (Wildman–Crippen LogP) is 3.97. The van der Waals surface area contributed by atoms with Gasteiger partial charge in [-0.2, -0.15) is 5.10 Å². The fraction of sp³-hybridized carbons (Fsp3) is 0.450. The molecule has 2 aliphatic rings. The van der Waals surface area contributed by atoms with E-state index in [0.29, 0.717) is 6.04 Å². The quantitative estimate of drug-likeness (QED) is 0.727. The van der Waals surface area contributed by atoms with Crippen LogP contribution >= 0.6 is 0 Å². The van der Waals surface area contributed by atoms with E-state index in [0.717, 1.165) is 35.0 Å². The summed E-state index contributed by atoms with van der Waals surface area (Å²) in [6.45, 7) is 1.10. The first-order valence-electron chi connectivity index (χ1n) is 9.42. The second-order valence-electron chi connectivity index (χ2n) is 7.27. The third-order valence-corrected chi connectivity index (χ3v) is 5.86. The van der Waals surface area contributed by atoms with Gasteiger partial charge in [-0.1, -0.05) is 31.0 Å². The van der Waals surface area contributed by atoms with Gasteiger partial charge >= 0.3 is 0 Å². The highest BCUT2D eigenvalue weighted by Gasteiger charge is 2.35. The van der Waals surface area contributed by atoms with E-state index in [4.69, 9.17) is 0 Å². The minimum atomic E-state index is 0.640. The molecule has 5 rings (SSSR count). The van der Waals surface area contributed by atoms with Gasteiger partial charge in [0.2, 0.25) is 0 Å². The van der Waals surface area contributed by atoms with Gasteiger partial charge in [-0.05, 0) is 43.7 Å². The van der Waals surface area contributed by atoms with Gasteiger partial charge in [-0.3, -0.25) is 0 Å². The van der Waals surface area contributed by atoms with E-state index in [2.05, 4.69) is 32.1 Å². The number of para-hydroxylation sites is 1. The number of fused-ring (bicyclic) bond motifs is 1. The molecular formula is C20H23N5. The van der Waals surface area contributed by atoms with Crippen LogP contribution in [0, 0.1) is 5.92 Å². The molecule has 1 unspecified atom stereocenters. The van der Waals surface area contributed by atoms with E-state index in [1.165, 1.54) is 38.5 Å². The lowest BCUT2D eigenvalue weighted by molar-refractivity contribution is 0.429. The summed E-state index contributed by atoms with van der Waals surface area (Å²) in [7, 11) is 0. The Morgan fingerprint density at radius 1 is 0.920 bits per heavy atom. The van der Waals surface area contributed by atoms with Gasteiger partial charge in [0.15, 0.2) is 5.65 Å². The van der Waals surface area contributed by atoms with E-state index < -0.39 is 0 Å². The molecular weight excluding hydrogens is 310 g/mol. The molecule has 128 valence electrons.